The second kappa shape index (κ2) is 9.19. The van der Waals surface area contributed by atoms with E-state index in [0.29, 0.717) is 18.2 Å². The van der Waals surface area contributed by atoms with E-state index in [4.69, 9.17) is 11.6 Å². The van der Waals surface area contributed by atoms with Gasteiger partial charge in [0.05, 0.1) is 27.3 Å². The van der Waals surface area contributed by atoms with E-state index >= 15 is 0 Å². The van der Waals surface area contributed by atoms with Gasteiger partial charge < -0.3 is 10.4 Å². The molecule has 0 bridgehead atoms. The van der Waals surface area contributed by atoms with Gasteiger partial charge in [-0.25, -0.2) is 12.8 Å². The maximum Gasteiger partial charge on any atom is 0.416 e. The Morgan fingerprint density at radius 1 is 1.24 bits per heavy atom. The van der Waals surface area contributed by atoms with Gasteiger partial charge in [0.1, 0.15) is 12.2 Å². The molecule has 1 aromatic heterocycles. The molecule has 1 fully saturated rings. The summed E-state index contributed by atoms with van der Waals surface area (Å²) in [5.41, 5.74) is -3.53. The Morgan fingerprint density at radius 2 is 1.88 bits per heavy atom. The Morgan fingerprint density at radius 3 is 2.42 bits per heavy atom. The van der Waals surface area contributed by atoms with E-state index in [9.17, 15) is 35.9 Å². The third-order valence-electron chi connectivity index (χ3n) is 5.58. The van der Waals surface area contributed by atoms with Crippen LogP contribution < -0.4 is 5.32 Å². The topological polar surface area (TPSA) is 96.4 Å². The fraction of sp³-hybridized carbons (Fsp3) is 0.429. The summed E-state index contributed by atoms with van der Waals surface area (Å²) in [6.07, 6.45) is -4.01. The number of pyridine rings is 1. The highest BCUT2D eigenvalue weighted by atomic mass is 35.5. The molecule has 1 unspecified atom stereocenters. The van der Waals surface area contributed by atoms with E-state index in [2.05, 4.69) is 10.3 Å². The van der Waals surface area contributed by atoms with Crippen LogP contribution in [0.2, 0.25) is 5.02 Å². The van der Waals surface area contributed by atoms with Crippen molar-refractivity contribution >= 4 is 27.3 Å². The summed E-state index contributed by atoms with van der Waals surface area (Å²) < 4.78 is 77.7. The smallest absolute Gasteiger partial charge is 0.387 e. The second-order valence-electron chi connectivity index (χ2n) is 8.06. The number of nitrogens with zero attached hydrogens (tertiary/aromatic N) is 1. The van der Waals surface area contributed by atoms with Crippen LogP contribution in [0.3, 0.4) is 0 Å². The highest BCUT2D eigenvalue weighted by Gasteiger charge is 2.43. The first-order chi connectivity index (χ1) is 15.2. The van der Waals surface area contributed by atoms with Crippen molar-refractivity contribution in [1.29, 1.82) is 0 Å². The van der Waals surface area contributed by atoms with Gasteiger partial charge in [0.15, 0.2) is 9.84 Å². The van der Waals surface area contributed by atoms with Crippen molar-refractivity contribution in [3.05, 3.63) is 58.4 Å². The van der Waals surface area contributed by atoms with Crippen LogP contribution in [0.15, 0.2) is 41.4 Å². The van der Waals surface area contributed by atoms with Crippen molar-refractivity contribution in [3.63, 3.8) is 0 Å². The molecule has 2 N–H and O–H groups in total. The number of carbonyl (C=O) groups excluding carboxylic acids is 1. The molecule has 2 aromatic rings. The predicted octanol–water partition coefficient (Wildman–Crippen LogP) is 4.27. The largest absolute Gasteiger partial charge is 0.416 e. The van der Waals surface area contributed by atoms with Crippen molar-refractivity contribution in [3.8, 4) is 0 Å². The first-order valence-electron chi connectivity index (χ1n) is 9.91. The van der Waals surface area contributed by atoms with E-state index in [1.807, 2.05) is 0 Å². The number of nitrogens with one attached hydrogen (secondary N) is 1. The molecule has 0 radical (unpaired) electrons. The van der Waals surface area contributed by atoms with Gasteiger partial charge in [-0.3, -0.25) is 9.78 Å². The van der Waals surface area contributed by atoms with Gasteiger partial charge in [-0.15, -0.1) is 0 Å². The molecule has 1 aromatic carbocycles. The van der Waals surface area contributed by atoms with Crippen molar-refractivity contribution in [1.82, 2.24) is 10.3 Å². The Bertz CT molecular complexity index is 1150. The van der Waals surface area contributed by atoms with Gasteiger partial charge >= 0.3 is 6.18 Å². The quantitative estimate of drug-likeness (QED) is 0.588. The molecule has 1 saturated carbocycles. The van der Waals surface area contributed by atoms with Crippen LogP contribution in [0.5, 0.6) is 0 Å². The lowest BCUT2D eigenvalue weighted by molar-refractivity contribution is -0.137. The number of rotatable bonds is 5. The number of alkyl halides is 4. The Balaban J connectivity index is 2.07. The summed E-state index contributed by atoms with van der Waals surface area (Å²) in [5, 5.41) is 13.9. The van der Waals surface area contributed by atoms with E-state index in [0.717, 1.165) is 6.26 Å². The van der Waals surface area contributed by atoms with Gasteiger partial charge in [0.25, 0.3) is 5.91 Å². The molecule has 0 aliphatic heterocycles. The minimum Gasteiger partial charge on any atom is -0.387 e. The number of hydrogen-bond acceptors (Lipinski definition) is 5. The van der Waals surface area contributed by atoms with Gasteiger partial charge in [0, 0.05) is 17.5 Å². The second-order valence-corrected chi connectivity index (χ2v) is 10.5. The zero-order valence-corrected chi connectivity index (χ0v) is 18.9. The molecule has 0 saturated heterocycles. The lowest BCUT2D eigenvalue weighted by atomic mass is 9.77. The molecular weight excluding hydrogens is 488 g/mol. The molecule has 12 heteroatoms. The summed E-state index contributed by atoms with van der Waals surface area (Å²) in [6.45, 7) is 0. The first-order valence-corrected chi connectivity index (χ1v) is 12.2. The lowest BCUT2D eigenvalue weighted by Gasteiger charge is -2.40. The number of carbonyl (C=O) groups is 1. The number of hydrogen-bond donors (Lipinski definition) is 2. The van der Waals surface area contributed by atoms with Crippen LogP contribution in [0, 0.1) is 0 Å². The zero-order chi connectivity index (χ0) is 24.6. The molecule has 3 rings (SSSR count). The number of aromatic nitrogens is 1. The van der Waals surface area contributed by atoms with E-state index in [1.165, 1.54) is 18.3 Å². The molecule has 1 atom stereocenters. The molecule has 1 aliphatic rings. The lowest BCUT2D eigenvalue weighted by Crippen LogP contribution is -2.49. The Labute approximate surface area is 192 Å². The summed E-state index contributed by atoms with van der Waals surface area (Å²) in [6, 6.07) is 3.24. The highest BCUT2D eigenvalue weighted by Crippen LogP contribution is 2.40. The summed E-state index contributed by atoms with van der Waals surface area (Å²) in [5.74, 6) is -1.16. The van der Waals surface area contributed by atoms with E-state index < -0.39 is 55.8 Å². The fourth-order valence-electron chi connectivity index (χ4n) is 3.85. The molecular formula is C21H21ClF4N2O4S. The first kappa shape index (κ1) is 25.4. The predicted molar refractivity (Wildman–Crippen MR) is 112 cm³/mol. The third-order valence-corrected chi connectivity index (χ3v) is 6.97. The third kappa shape index (κ3) is 5.82. The molecule has 1 heterocycles. The molecule has 1 aliphatic carbocycles. The van der Waals surface area contributed by atoms with Crippen LogP contribution in [0.4, 0.5) is 17.6 Å². The number of benzene rings is 1. The number of halogens is 5. The van der Waals surface area contributed by atoms with Crippen LogP contribution in [-0.2, 0) is 16.0 Å². The average molecular weight is 509 g/mol. The number of amides is 1. The normalized spacial score (nSPS) is 22.6. The fourth-order valence-corrected chi connectivity index (χ4v) is 4.88. The van der Waals surface area contributed by atoms with Gasteiger partial charge in [-0.1, -0.05) is 11.6 Å². The SMILES string of the molecule is CS(=O)(=O)c1ccc(C(F)(F)F)cc1C(=O)NC(c1cc(Cl)ccn1)[C@]1(O)CC[C@@H](F)CC1. The maximum atomic E-state index is 13.7. The summed E-state index contributed by atoms with van der Waals surface area (Å²) in [4.78, 5) is 16.6. The summed E-state index contributed by atoms with van der Waals surface area (Å²) >= 11 is 6.01. The maximum absolute atomic E-state index is 13.7. The van der Waals surface area contributed by atoms with E-state index in [-0.39, 0.29) is 36.4 Å². The van der Waals surface area contributed by atoms with Gasteiger partial charge in [0.2, 0.25) is 0 Å². The van der Waals surface area contributed by atoms with Crippen LogP contribution in [0.25, 0.3) is 0 Å². The Kier molecular flexibility index (Phi) is 7.07. The van der Waals surface area contributed by atoms with Crippen LogP contribution in [-0.4, -0.2) is 42.4 Å². The minimum absolute atomic E-state index is 0.00157. The average Bonchev–Trinajstić information content (AvgIpc) is 2.72. The minimum atomic E-state index is -4.82. The van der Waals surface area contributed by atoms with Crippen molar-refractivity contribution in [2.24, 2.45) is 0 Å². The number of sulfone groups is 1. The van der Waals surface area contributed by atoms with Gasteiger partial charge in [-0.2, -0.15) is 13.2 Å². The standard InChI is InChI=1S/C21H21ClF4N2O4S/c1-33(31,32)17-3-2-12(21(24,25)26)10-15(17)19(29)28-18(16-11-13(22)6-9-27-16)20(30)7-4-14(23)5-8-20/h2-3,6,9-11,14,18,30H,4-5,7-8H2,1H3,(H,28,29)/t14-,18?,20+. The molecule has 1 amide bonds. The monoisotopic (exact) mass is 508 g/mol. The van der Waals surface area contributed by atoms with Crippen molar-refractivity contribution in [2.75, 3.05) is 6.26 Å². The Hall–Kier alpha value is -2.24. The zero-order valence-electron chi connectivity index (χ0n) is 17.4. The van der Waals surface area contributed by atoms with Crippen molar-refractivity contribution < 1.29 is 35.9 Å². The van der Waals surface area contributed by atoms with E-state index in [1.54, 1.807) is 0 Å². The van der Waals surface area contributed by atoms with Crippen LogP contribution in [0.1, 0.15) is 53.3 Å². The van der Waals surface area contributed by atoms with Crippen molar-refractivity contribution in [2.45, 2.75) is 54.6 Å². The molecule has 0 spiro atoms. The highest BCUT2D eigenvalue weighted by molar-refractivity contribution is 7.90. The van der Waals surface area contributed by atoms with Gasteiger partial charge in [-0.05, 0) is 56.0 Å². The molecule has 33 heavy (non-hydrogen) atoms. The summed E-state index contributed by atoms with van der Waals surface area (Å²) in [7, 11) is -4.07. The molecule has 6 nitrogen and oxygen atoms in total. The van der Waals surface area contributed by atoms with Crippen LogP contribution >= 0.6 is 11.6 Å². The molecule has 180 valence electrons. The number of aliphatic hydroxyl groups is 1.